The van der Waals surface area contributed by atoms with Crippen molar-refractivity contribution in [1.29, 1.82) is 0 Å². The van der Waals surface area contributed by atoms with Gasteiger partial charge in [0.25, 0.3) is 5.91 Å². The van der Waals surface area contributed by atoms with E-state index in [2.05, 4.69) is 5.32 Å². The number of nitrogens with one attached hydrogen (secondary N) is 1. The normalized spacial score (nSPS) is 19.4. The molecular formula is C27H26N2O3. The van der Waals surface area contributed by atoms with Crippen molar-refractivity contribution in [1.82, 2.24) is 0 Å². The van der Waals surface area contributed by atoms with Crippen LogP contribution in [0.5, 0.6) is 5.75 Å². The van der Waals surface area contributed by atoms with E-state index in [4.69, 9.17) is 0 Å². The molecule has 1 spiro atoms. The Labute approximate surface area is 187 Å². The lowest BCUT2D eigenvalue weighted by Gasteiger charge is -2.53. The third kappa shape index (κ3) is 3.25. The maximum Gasteiger partial charge on any atom is 0.259 e. The summed E-state index contributed by atoms with van der Waals surface area (Å²) in [4.78, 5) is 29.6. The van der Waals surface area contributed by atoms with E-state index in [1.54, 1.807) is 24.3 Å². The van der Waals surface area contributed by atoms with Gasteiger partial charge in [0.05, 0.1) is 17.1 Å². The highest BCUT2D eigenvalue weighted by Crippen LogP contribution is 2.51. The minimum Gasteiger partial charge on any atom is -0.506 e. The first-order valence-electron chi connectivity index (χ1n) is 11.2. The van der Waals surface area contributed by atoms with Crippen molar-refractivity contribution >= 4 is 23.2 Å². The van der Waals surface area contributed by atoms with Gasteiger partial charge in [-0.15, -0.1) is 0 Å². The number of phenols is 1. The van der Waals surface area contributed by atoms with Crippen molar-refractivity contribution in [3.63, 3.8) is 0 Å². The number of benzene rings is 3. The number of anilines is 2. The van der Waals surface area contributed by atoms with Gasteiger partial charge in [-0.3, -0.25) is 9.59 Å². The van der Waals surface area contributed by atoms with Gasteiger partial charge in [-0.2, -0.15) is 0 Å². The van der Waals surface area contributed by atoms with Gasteiger partial charge >= 0.3 is 0 Å². The quantitative estimate of drug-likeness (QED) is 0.545. The first-order valence-corrected chi connectivity index (χ1v) is 11.2. The van der Waals surface area contributed by atoms with E-state index in [0.29, 0.717) is 11.3 Å². The Morgan fingerprint density at radius 3 is 2.28 bits per heavy atom. The molecule has 5 nitrogen and oxygen atoms in total. The topological polar surface area (TPSA) is 69.6 Å². The SMILES string of the molecule is O=C(Nc1ccccc1O)[C@H]1c2ccccc2C(=O)N(c2ccccc2)C12CCCCC2. The molecule has 1 fully saturated rings. The predicted octanol–water partition coefficient (Wildman–Crippen LogP) is 5.48. The molecular weight excluding hydrogens is 400 g/mol. The Hall–Kier alpha value is -3.60. The van der Waals surface area contributed by atoms with Crippen LogP contribution in [-0.2, 0) is 4.79 Å². The van der Waals surface area contributed by atoms with Crippen molar-refractivity contribution in [2.75, 3.05) is 10.2 Å². The highest BCUT2D eigenvalue weighted by atomic mass is 16.3. The lowest BCUT2D eigenvalue weighted by molar-refractivity contribution is -0.119. The van der Waals surface area contributed by atoms with Crippen molar-refractivity contribution < 1.29 is 14.7 Å². The van der Waals surface area contributed by atoms with Gasteiger partial charge in [0.2, 0.25) is 5.91 Å². The number of hydrogen-bond acceptors (Lipinski definition) is 3. The molecule has 5 rings (SSSR count). The van der Waals surface area contributed by atoms with E-state index in [1.807, 2.05) is 59.5 Å². The van der Waals surface area contributed by atoms with E-state index in [0.717, 1.165) is 43.4 Å². The van der Waals surface area contributed by atoms with Crippen molar-refractivity contribution in [3.05, 3.63) is 90.0 Å². The van der Waals surface area contributed by atoms with Gasteiger partial charge in [0, 0.05) is 11.3 Å². The van der Waals surface area contributed by atoms with Crippen LogP contribution in [0.1, 0.15) is 53.9 Å². The molecule has 0 unspecified atom stereocenters. The highest BCUT2D eigenvalue weighted by Gasteiger charge is 2.55. The molecule has 2 amide bonds. The lowest BCUT2D eigenvalue weighted by atomic mass is 9.65. The summed E-state index contributed by atoms with van der Waals surface area (Å²) in [6.07, 6.45) is 4.51. The number of phenolic OH excluding ortho intramolecular Hbond substituents is 1. The molecule has 0 radical (unpaired) electrons. The minimum atomic E-state index is -0.653. The van der Waals surface area contributed by atoms with Crippen molar-refractivity contribution in [2.45, 2.75) is 43.6 Å². The molecule has 1 saturated carbocycles. The van der Waals surface area contributed by atoms with Gasteiger partial charge in [-0.05, 0) is 48.7 Å². The summed E-state index contributed by atoms with van der Waals surface area (Å²) in [5, 5.41) is 13.2. The summed E-state index contributed by atoms with van der Waals surface area (Å²) >= 11 is 0. The second-order valence-corrected chi connectivity index (χ2v) is 8.67. The number of para-hydroxylation sites is 3. The summed E-state index contributed by atoms with van der Waals surface area (Å²) < 4.78 is 0. The molecule has 2 aliphatic rings. The zero-order valence-corrected chi connectivity index (χ0v) is 17.8. The van der Waals surface area contributed by atoms with Crippen LogP contribution in [0.3, 0.4) is 0 Å². The smallest absolute Gasteiger partial charge is 0.259 e. The Bertz CT molecular complexity index is 1150. The standard InChI is InChI=1S/C27H26N2O3/c30-23-16-8-7-15-22(23)28-25(31)24-20-13-5-6-14-21(20)26(32)29(19-11-3-1-4-12-19)27(24)17-9-2-10-18-27/h1,3-8,11-16,24,30H,2,9-10,17-18H2,(H,28,31)/t24-/m1/s1. The summed E-state index contributed by atoms with van der Waals surface area (Å²) in [6, 6.07) is 23.9. The predicted molar refractivity (Wildman–Crippen MR) is 125 cm³/mol. The largest absolute Gasteiger partial charge is 0.506 e. The number of nitrogens with zero attached hydrogens (tertiary/aromatic N) is 1. The summed E-state index contributed by atoms with van der Waals surface area (Å²) in [5.74, 6) is -0.773. The van der Waals surface area contributed by atoms with Gasteiger partial charge in [-0.25, -0.2) is 0 Å². The molecule has 2 N–H and O–H groups in total. The third-order valence-corrected chi connectivity index (χ3v) is 6.85. The Morgan fingerprint density at radius 1 is 0.875 bits per heavy atom. The molecule has 1 atom stereocenters. The van der Waals surface area contributed by atoms with Crippen LogP contribution in [-0.4, -0.2) is 22.5 Å². The number of carbonyl (C=O) groups is 2. The zero-order chi connectivity index (χ0) is 22.1. The van der Waals surface area contributed by atoms with E-state index < -0.39 is 11.5 Å². The maximum atomic E-state index is 13.9. The fraction of sp³-hybridized carbons (Fsp3) is 0.259. The second kappa shape index (κ2) is 8.15. The van der Waals surface area contributed by atoms with Gasteiger partial charge in [0.1, 0.15) is 5.75 Å². The van der Waals surface area contributed by atoms with E-state index in [9.17, 15) is 14.7 Å². The molecule has 3 aromatic carbocycles. The number of hydrogen-bond donors (Lipinski definition) is 2. The summed E-state index contributed by atoms with van der Waals surface area (Å²) in [7, 11) is 0. The van der Waals surface area contributed by atoms with Crippen LogP contribution in [0, 0.1) is 0 Å². The van der Waals surface area contributed by atoms with Crippen molar-refractivity contribution in [2.24, 2.45) is 0 Å². The average molecular weight is 427 g/mol. The molecule has 0 aromatic heterocycles. The lowest BCUT2D eigenvalue weighted by Crippen LogP contribution is -2.62. The van der Waals surface area contributed by atoms with Crippen LogP contribution in [0.25, 0.3) is 0 Å². The molecule has 32 heavy (non-hydrogen) atoms. The molecule has 162 valence electrons. The minimum absolute atomic E-state index is 0.0265. The number of aromatic hydroxyl groups is 1. The van der Waals surface area contributed by atoms with E-state index >= 15 is 0 Å². The molecule has 0 saturated heterocycles. The number of fused-ring (bicyclic) bond motifs is 1. The van der Waals surface area contributed by atoms with Crippen LogP contribution < -0.4 is 10.2 Å². The maximum absolute atomic E-state index is 13.9. The number of rotatable bonds is 3. The molecule has 1 heterocycles. The molecule has 5 heteroatoms. The molecule has 1 aliphatic heterocycles. The summed E-state index contributed by atoms with van der Waals surface area (Å²) in [5.41, 5.74) is 1.86. The van der Waals surface area contributed by atoms with Gasteiger partial charge in [0.15, 0.2) is 0 Å². The first-order chi connectivity index (χ1) is 15.6. The van der Waals surface area contributed by atoms with Gasteiger partial charge < -0.3 is 15.3 Å². The molecule has 3 aromatic rings. The zero-order valence-electron chi connectivity index (χ0n) is 17.8. The highest BCUT2D eigenvalue weighted by molar-refractivity contribution is 6.13. The third-order valence-electron chi connectivity index (χ3n) is 6.85. The van der Waals surface area contributed by atoms with E-state index in [1.165, 1.54) is 0 Å². The Morgan fingerprint density at radius 2 is 1.53 bits per heavy atom. The van der Waals surface area contributed by atoms with Crippen LogP contribution in [0.4, 0.5) is 11.4 Å². The monoisotopic (exact) mass is 426 g/mol. The van der Waals surface area contributed by atoms with Gasteiger partial charge in [-0.1, -0.05) is 67.8 Å². The molecule has 0 bridgehead atoms. The fourth-order valence-electron chi connectivity index (χ4n) is 5.48. The summed E-state index contributed by atoms with van der Waals surface area (Å²) in [6.45, 7) is 0. The van der Waals surface area contributed by atoms with Crippen molar-refractivity contribution in [3.8, 4) is 5.75 Å². The fourth-order valence-corrected chi connectivity index (χ4v) is 5.48. The average Bonchev–Trinajstić information content (AvgIpc) is 2.82. The second-order valence-electron chi connectivity index (χ2n) is 8.67. The van der Waals surface area contributed by atoms with E-state index in [-0.39, 0.29) is 17.6 Å². The number of carbonyl (C=O) groups excluding carboxylic acids is 2. The van der Waals surface area contributed by atoms with Crippen LogP contribution in [0.15, 0.2) is 78.9 Å². The number of amides is 2. The molecule has 1 aliphatic carbocycles. The first kappa shape index (κ1) is 20.3. The van der Waals surface area contributed by atoms with Crippen LogP contribution >= 0.6 is 0 Å². The Kier molecular flexibility index (Phi) is 5.17. The van der Waals surface area contributed by atoms with Crippen LogP contribution in [0.2, 0.25) is 0 Å². The Balaban J connectivity index is 1.68.